The van der Waals surface area contributed by atoms with E-state index in [2.05, 4.69) is 47.9 Å². The molecule has 0 amide bonds. The van der Waals surface area contributed by atoms with Crippen LogP contribution in [-0.4, -0.2) is 18.8 Å². The molecule has 0 bridgehead atoms. The van der Waals surface area contributed by atoms with E-state index in [0.29, 0.717) is 11.8 Å². The fourth-order valence-electron chi connectivity index (χ4n) is 3.02. The van der Waals surface area contributed by atoms with Gasteiger partial charge in [0.2, 0.25) is 0 Å². The molecule has 0 aliphatic heterocycles. The lowest BCUT2D eigenvalue weighted by Gasteiger charge is -2.35. The van der Waals surface area contributed by atoms with Crippen molar-refractivity contribution in [2.45, 2.75) is 32.1 Å². The Morgan fingerprint density at radius 2 is 1.89 bits per heavy atom. The number of nitriles is 1. The molecule has 0 atom stereocenters. The summed E-state index contributed by atoms with van der Waals surface area (Å²) in [4.78, 5) is 2.37. The highest BCUT2D eigenvalue weighted by atomic mass is 32.1. The summed E-state index contributed by atoms with van der Waals surface area (Å²) in [7, 11) is 0. The first-order valence-corrected chi connectivity index (χ1v) is 7.71. The fourth-order valence-corrected chi connectivity index (χ4v) is 3.44. The molecule has 0 N–H and O–H groups in total. The van der Waals surface area contributed by atoms with Crippen molar-refractivity contribution in [2.75, 3.05) is 23.7 Å². The number of anilines is 1. The Morgan fingerprint density at radius 3 is 2.47 bits per heavy atom. The fraction of sp³-hybridized carbons (Fsp3) is 0.562. The van der Waals surface area contributed by atoms with Crippen LogP contribution in [0, 0.1) is 16.7 Å². The average Bonchev–Trinajstić information content (AvgIpc) is 2.93. The lowest BCUT2D eigenvalue weighted by atomic mass is 9.87. The quantitative estimate of drug-likeness (QED) is 0.797. The minimum Gasteiger partial charge on any atom is -0.370 e. The predicted octanol–water partition coefficient (Wildman–Crippen LogP) is 3.90. The van der Waals surface area contributed by atoms with Crippen molar-refractivity contribution in [2.24, 2.45) is 5.41 Å². The van der Waals surface area contributed by atoms with Gasteiger partial charge >= 0.3 is 0 Å². The van der Waals surface area contributed by atoms with E-state index in [0.717, 1.165) is 18.8 Å². The van der Waals surface area contributed by atoms with Crippen LogP contribution in [0.1, 0.15) is 32.1 Å². The van der Waals surface area contributed by atoms with Crippen LogP contribution in [0.25, 0.3) is 0 Å². The largest absolute Gasteiger partial charge is 0.370 e. The molecule has 0 unspecified atom stereocenters. The van der Waals surface area contributed by atoms with Gasteiger partial charge in [-0.2, -0.15) is 17.9 Å². The normalized spacial score (nSPS) is 17.1. The Balaban J connectivity index is 2.12. The minimum atomic E-state index is 0.342. The summed E-state index contributed by atoms with van der Waals surface area (Å²) in [5.41, 5.74) is 1.57. The van der Waals surface area contributed by atoms with E-state index in [9.17, 15) is 0 Å². The SMILES string of the molecule is N#CCCN(CC1(CS)CCCC1)c1ccccc1. The van der Waals surface area contributed by atoms with Gasteiger partial charge in [-0.05, 0) is 36.1 Å². The van der Waals surface area contributed by atoms with Gasteiger partial charge in [0.25, 0.3) is 0 Å². The molecular formula is C16H22N2S. The second-order valence-electron chi connectivity index (χ2n) is 5.53. The maximum Gasteiger partial charge on any atom is 0.0640 e. The Bertz CT molecular complexity index is 418. The molecule has 0 aromatic heterocycles. The molecular weight excluding hydrogens is 252 g/mol. The van der Waals surface area contributed by atoms with Gasteiger partial charge in [-0.15, -0.1) is 0 Å². The van der Waals surface area contributed by atoms with Gasteiger partial charge in [0.15, 0.2) is 0 Å². The van der Waals surface area contributed by atoms with Crippen LogP contribution in [0.15, 0.2) is 30.3 Å². The van der Waals surface area contributed by atoms with Crippen LogP contribution < -0.4 is 4.90 Å². The number of hydrogen-bond acceptors (Lipinski definition) is 3. The average molecular weight is 274 g/mol. The van der Waals surface area contributed by atoms with Gasteiger partial charge in [-0.1, -0.05) is 31.0 Å². The van der Waals surface area contributed by atoms with E-state index in [1.54, 1.807) is 0 Å². The highest BCUT2D eigenvalue weighted by molar-refractivity contribution is 7.80. The number of rotatable bonds is 6. The van der Waals surface area contributed by atoms with Crippen molar-refractivity contribution in [1.29, 1.82) is 5.26 Å². The third-order valence-corrected chi connectivity index (χ3v) is 4.81. The monoisotopic (exact) mass is 274 g/mol. The molecule has 1 aromatic rings. The predicted molar refractivity (Wildman–Crippen MR) is 83.6 cm³/mol. The smallest absolute Gasteiger partial charge is 0.0640 e. The summed E-state index contributed by atoms with van der Waals surface area (Å²) in [6.45, 7) is 1.85. The summed E-state index contributed by atoms with van der Waals surface area (Å²) in [5, 5.41) is 8.85. The number of hydrogen-bond donors (Lipinski definition) is 1. The Morgan fingerprint density at radius 1 is 1.21 bits per heavy atom. The lowest BCUT2D eigenvalue weighted by Crippen LogP contribution is -2.38. The van der Waals surface area contributed by atoms with Crippen molar-refractivity contribution in [1.82, 2.24) is 0 Å². The van der Waals surface area contributed by atoms with Crippen LogP contribution in [0.4, 0.5) is 5.69 Å². The Labute approximate surface area is 121 Å². The van der Waals surface area contributed by atoms with E-state index < -0.39 is 0 Å². The second kappa shape index (κ2) is 6.86. The Hall–Kier alpha value is -1.14. The van der Waals surface area contributed by atoms with E-state index >= 15 is 0 Å². The molecule has 1 saturated carbocycles. The molecule has 1 aromatic carbocycles. The summed E-state index contributed by atoms with van der Waals surface area (Å²) >= 11 is 4.59. The zero-order valence-corrected chi connectivity index (χ0v) is 12.3. The molecule has 2 nitrogen and oxygen atoms in total. The highest BCUT2D eigenvalue weighted by Crippen LogP contribution is 2.40. The van der Waals surface area contributed by atoms with Crippen LogP contribution >= 0.6 is 12.6 Å². The van der Waals surface area contributed by atoms with E-state index in [-0.39, 0.29) is 0 Å². The van der Waals surface area contributed by atoms with Crippen LogP contribution in [-0.2, 0) is 0 Å². The van der Waals surface area contributed by atoms with Crippen molar-refractivity contribution in [3.8, 4) is 6.07 Å². The Kier molecular flexibility index (Phi) is 5.15. The zero-order chi connectivity index (χ0) is 13.6. The number of nitrogens with zero attached hydrogens (tertiary/aromatic N) is 2. The van der Waals surface area contributed by atoms with Crippen molar-refractivity contribution in [3.05, 3.63) is 30.3 Å². The molecule has 1 aliphatic rings. The first-order valence-electron chi connectivity index (χ1n) is 7.07. The molecule has 0 heterocycles. The molecule has 3 heteroatoms. The summed E-state index contributed by atoms with van der Waals surface area (Å²) in [6.07, 6.45) is 5.76. The van der Waals surface area contributed by atoms with Gasteiger partial charge in [-0.25, -0.2) is 0 Å². The molecule has 1 aliphatic carbocycles. The van der Waals surface area contributed by atoms with Crippen molar-refractivity contribution in [3.63, 3.8) is 0 Å². The van der Waals surface area contributed by atoms with Crippen LogP contribution in [0.5, 0.6) is 0 Å². The van der Waals surface area contributed by atoms with Crippen LogP contribution in [0.3, 0.4) is 0 Å². The van der Waals surface area contributed by atoms with Gasteiger partial charge in [0.1, 0.15) is 0 Å². The lowest BCUT2D eigenvalue weighted by molar-refractivity contribution is 0.348. The van der Waals surface area contributed by atoms with Gasteiger partial charge in [0, 0.05) is 18.8 Å². The van der Waals surface area contributed by atoms with Gasteiger partial charge in [0.05, 0.1) is 12.5 Å². The molecule has 102 valence electrons. The topological polar surface area (TPSA) is 27.0 Å². The first-order chi connectivity index (χ1) is 9.29. The van der Waals surface area contributed by atoms with Gasteiger partial charge in [-0.3, -0.25) is 0 Å². The third kappa shape index (κ3) is 3.67. The van der Waals surface area contributed by atoms with Crippen LogP contribution in [0.2, 0.25) is 0 Å². The second-order valence-corrected chi connectivity index (χ2v) is 5.85. The maximum absolute atomic E-state index is 8.85. The third-order valence-electron chi connectivity index (χ3n) is 4.14. The molecule has 0 radical (unpaired) electrons. The van der Waals surface area contributed by atoms with E-state index in [1.165, 1.54) is 31.4 Å². The standard InChI is InChI=1S/C16H22N2S/c17-11-6-12-18(15-7-2-1-3-8-15)13-16(14-19)9-4-5-10-16/h1-3,7-8,19H,4-6,9-10,12-14H2. The number of para-hydroxylation sites is 1. The molecule has 0 saturated heterocycles. The maximum atomic E-state index is 8.85. The number of thiol groups is 1. The number of benzene rings is 1. The highest BCUT2D eigenvalue weighted by Gasteiger charge is 2.34. The van der Waals surface area contributed by atoms with E-state index in [4.69, 9.17) is 5.26 Å². The zero-order valence-electron chi connectivity index (χ0n) is 11.4. The summed E-state index contributed by atoms with van der Waals surface area (Å²) in [6, 6.07) is 12.7. The molecule has 19 heavy (non-hydrogen) atoms. The summed E-state index contributed by atoms with van der Waals surface area (Å²) in [5.74, 6) is 0.947. The van der Waals surface area contributed by atoms with Crippen molar-refractivity contribution < 1.29 is 0 Å². The molecule has 2 rings (SSSR count). The molecule has 0 spiro atoms. The first kappa shape index (κ1) is 14.3. The van der Waals surface area contributed by atoms with Gasteiger partial charge < -0.3 is 4.90 Å². The summed E-state index contributed by atoms with van der Waals surface area (Å²) < 4.78 is 0. The van der Waals surface area contributed by atoms with E-state index in [1.807, 2.05) is 6.07 Å². The van der Waals surface area contributed by atoms with Crippen molar-refractivity contribution >= 4 is 18.3 Å². The minimum absolute atomic E-state index is 0.342. The molecule has 1 fully saturated rings.